The first-order valence-corrected chi connectivity index (χ1v) is 6.75. The van der Waals surface area contributed by atoms with Crippen molar-refractivity contribution in [3.63, 3.8) is 0 Å². The summed E-state index contributed by atoms with van der Waals surface area (Å²) in [6.45, 7) is 0.278. The largest absolute Gasteiger partial charge is 0.480 e. The Kier molecular flexibility index (Phi) is 4.72. The first kappa shape index (κ1) is 15.2. The van der Waals surface area contributed by atoms with E-state index in [1.165, 1.54) is 17.0 Å². The maximum absolute atomic E-state index is 13.5. The molecule has 0 radical (unpaired) electrons. The van der Waals surface area contributed by atoms with Gasteiger partial charge in [0.1, 0.15) is 6.04 Å². The third-order valence-electron chi connectivity index (χ3n) is 3.49. The van der Waals surface area contributed by atoms with E-state index in [-0.39, 0.29) is 12.2 Å². The van der Waals surface area contributed by atoms with Gasteiger partial charge in [-0.1, -0.05) is 18.9 Å². The van der Waals surface area contributed by atoms with Gasteiger partial charge in [0.2, 0.25) is 0 Å². The Morgan fingerprint density at radius 3 is 2.71 bits per heavy atom. The topological polar surface area (TPSA) is 69.6 Å². The minimum absolute atomic E-state index is 0.278. The Hall–Kier alpha value is -2.18. The Balaban J connectivity index is 2.17. The Morgan fingerprint density at radius 1 is 1.24 bits per heavy atom. The number of likely N-dealkylation sites (tertiary alicyclic amines) is 1. The van der Waals surface area contributed by atoms with Gasteiger partial charge in [0.05, 0.1) is 5.69 Å². The van der Waals surface area contributed by atoms with Gasteiger partial charge in [-0.25, -0.2) is 18.4 Å². The van der Waals surface area contributed by atoms with E-state index in [1.54, 1.807) is 0 Å². The fourth-order valence-electron chi connectivity index (χ4n) is 2.40. The van der Waals surface area contributed by atoms with Gasteiger partial charge in [0.15, 0.2) is 11.6 Å². The summed E-state index contributed by atoms with van der Waals surface area (Å²) in [6.07, 6.45) is 2.59. The average Bonchev–Trinajstić information content (AvgIpc) is 2.69. The third-order valence-corrected chi connectivity index (χ3v) is 3.49. The molecule has 0 aromatic heterocycles. The number of nitrogens with zero attached hydrogens (tertiary/aromatic N) is 1. The Bertz CT molecular complexity index is 551. The minimum atomic E-state index is -1.16. The molecular formula is C14H16F2N2O3. The lowest BCUT2D eigenvalue weighted by atomic mass is 10.1. The van der Waals surface area contributed by atoms with Crippen LogP contribution in [0.4, 0.5) is 19.3 Å². The third kappa shape index (κ3) is 3.48. The summed E-state index contributed by atoms with van der Waals surface area (Å²) in [7, 11) is 0. The highest BCUT2D eigenvalue weighted by molar-refractivity contribution is 5.92. The second-order valence-corrected chi connectivity index (χ2v) is 4.93. The molecule has 1 fully saturated rings. The number of carbonyl (C=O) groups is 2. The van der Waals surface area contributed by atoms with Crippen molar-refractivity contribution in [1.82, 2.24) is 4.90 Å². The lowest BCUT2D eigenvalue weighted by molar-refractivity contribution is -0.142. The second kappa shape index (κ2) is 6.51. The van der Waals surface area contributed by atoms with Crippen LogP contribution < -0.4 is 5.32 Å². The number of benzene rings is 1. The smallest absolute Gasteiger partial charge is 0.326 e. The van der Waals surface area contributed by atoms with E-state index in [0.717, 1.165) is 18.9 Å². The van der Waals surface area contributed by atoms with Gasteiger partial charge >= 0.3 is 12.0 Å². The van der Waals surface area contributed by atoms with E-state index < -0.39 is 29.7 Å². The molecule has 1 unspecified atom stereocenters. The number of carboxylic acids is 1. The van der Waals surface area contributed by atoms with Crippen molar-refractivity contribution in [3.05, 3.63) is 29.8 Å². The predicted molar refractivity (Wildman–Crippen MR) is 72.0 cm³/mol. The number of hydrogen-bond acceptors (Lipinski definition) is 2. The van der Waals surface area contributed by atoms with Crippen LogP contribution in [0.1, 0.15) is 25.7 Å². The number of hydrogen-bond donors (Lipinski definition) is 2. The highest BCUT2D eigenvalue weighted by atomic mass is 19.2. The molecule has 1 aromatic rings. The van der Waals surface area contributed by atoms with Crippen molar-refractivity contribution >= 4 is 17.7 Å². The molecule has 5 nitrogen and oxygen atoms in total. The molecule has 2 amide bonds. The summed E-state index contributed by atoms with van der Waals surface area (Å²) in [5.41, 5.74) is -0.298. The summed E-state index contributed by atoms with van der Waals surface area (Å²) < 4.78 is 26.6. The summed E-state index contributed by atoms with van der Waals surface area (Å²) in [6, 6.07) is 1.77. The molecule has 1 aliphatic heterocycles. The van der Waals surface area contributed by atoms with Crippen molar-refractivity contribution in [3.8, 4) is 0 Å². The van der Waals surface area contributed by atoms with Gasteiger partial charge in [-0.2, -0.15) is 0 Å². The molecule has 0 spiro atoms. The number of rotatable bonds is 2. The van der Waals surface area contributed by atoms with Crippen molar-refractivity contribution in [2.75, 3.05) is 11.9 Å². The first-order chi connectivity index (χ1) is 10.0. The Labute approximate surface area is 120 Å². The second-order valence-electron chi connectivity index (χ2n) is 4.93. The van der Waals surface area contributed by atoms with Crippen LogP contribution in [-0.4, -0.2) is 34.6 Å². The van der Waals surface area contributed by atoms with Crippen LogP contribution in [0.2, 0.25) is 0 Å². The Morgan fingerprint density at radius 2 is 2.00 bits per heavy atom. The lowest BCUT2D eigenvalue weighted by Crippen LogP contribution is -2.46. The van der Waals surface area contributed by atoms with Crippen LogP contribution >= 0.6 is 0 Å². The van der Waals surface area contributed by atoms with E-state index in [4.69, 9.17) is 0 Å². The van der Waals surface area contributed by atoms with Gasteiger partial charge in [-0.05, 0) is 25.0 Å². The molecule has 7 heteroatoms. The van der Waals surface area contributed by atoms with E-state index in [1.807, 2.05) is 0 Å². The van der Waals surface area contributed by atoms with Crippen molar-refractivity contribution in [2.24, 2.45) is 0 Å². The highest BCUT2D eigenvalue weighted by Crippen LogP contribution is 2.21. The van der Waals surface area contributed by atoms with Crippen molar-refractivity contribution < 1.29 is 23.5 Å². The molecule has 114 valence electrons. The number of carbonyl (C=O) groups excluding carboxylic acids is 1. The summed E-state index contributed by atoms with van der Waals surface area (Å²) in [5.74, 6) is -3.32. The number of aliphatic carboxylic acids is 1. The number of urea groups is 1. The number of anilines is 1. The van der Waals surface area contributed by atoms with E-state index in [9.17, 15) is 23.5 Å². The van der Waals surface area contributed by atoms with Crippen LogP contribution in [0.5, 0.6) is 0 Å². The zero-order chi connectivity index (χ0) is 15.4. The fourth-order valence-corrected chi connectivity index (χ4v) is 2.40. The van der Waals surface area contributed by atoms with Crippen LogP contribution in [0.15, 0.2) is 18.2 Å². The SMILES string of the molecule is O=C(O)C1CCCCCN1C(=O)Nc1cccc(F)c1F. The molecule has 1 heterocycles. The van der Waals surface area contributed by atoms with Crippen molar-refractivity contribution in [2.45, 2.75) is 31.7 Å². The molecule has 1 saturated heterocycles. The normalized spacial score (nSPS) is 19.0. The fraction of sp³-hybridized carbons (Fsp3) is 0.429. The standard InChI is InChI=1S/C14H16F2N2O3/c15-9-5-4-6-10(12(9)16)17-14(21)18-8-3-1-2-7-11(18)13(19)20/h4-6,11H,1-3,7-8H2,(H,17,21)(H,19,20). The van der Waals surface area contributed by atoms with Gasteiger partial charge in [-0.15, -0.1) is 0 Å². The van der Waals surface area contributed by atoms with Crippen LogP contribution in [-0.2, 0) is 4.79 Å². The maximum Gasteiger partial charge on any atom is 0.326 e. The first-order valence-electron chi connectivity index (χ1n) is 6.75. The van der Waals surface area contributed by atoms with Gasteiger partial charge in [0, 0.05) is 6.54 Å². The van der Waals surface area contributed by atoms with E-state index >= 15 is 0 Å². The molecule has 0 aliphatic carbocycles. The zero-order valence-corrected chi connectivity index (χ0v) is 11.3. The van der Waals surface area contributed by atoms with Crippen molar-refractivity contribution in [1.29, 1.82) is 0 Å². The number of carboxylic acid groups (broad SMARTS) is 1. The zero-order valence-electron chi connectivity index (χ0n) is 11.3. The number of amides is 2. The molecule has 2 rings (SSSR count). The van der Waals surface area contributed by atoms with Crippen LogP contribution in [0.3, 0.4) is 0 Å². The number of nitrogens with one attached hydrogen (secondary N) is 1. The monoisotopic (exact) mass is 298 g/mol. The van der Waals surface area contributed by atoms with E-state index in [2.05, 4.69) is 5.32 Å². The summed E-state index contributed by atoms with van der Waals surface area (Å²) in [4.78, 5) is 24.6. The molecule has 1 atom stereocenters. The quantitative estimate of drug-likeness (QED) is 0.882. The lowest BCUT2D eigenvalue weighted by Gasteiger charge is -2.27. The average molecular weight is 298 g/mol. The summed E-state index contributed by atoms with van der Waals surface area (Å²) >= 11 is 0. The number of halogens is 2. The van der Waals surface area contributed by atoms with Gasteiger partial charge in [-0.3, -0.25) is 0 Å². The van der Waals surface area contributed by atoms with Gasteiger partial charge in [0.25, 0.3) is 0 Å². The molecule has 0 bridgehead atoms. The minimum Gasteiger partial charge on any atom is -0.480 e. The predicted octanol–water partition coefficient (Wildman–Crippen LogP) is 2.83. The molecule has 1 aliphatic rings. The van der Waals surface area contributed by atoms with Gasteiger partial charge < -0.3 is 15.3 Å². The summed E-state index contributed by atoms with van der Waals surface area (Å²) in [5, 5.41) is 11.4. The molecular weight excluding hydrogens is 282 g/mol. The molecule has 0 saturated carbocycles. The molecule has 2 N–H and O–H groups in total. The van der Waals surface area contributed by atoms with Crippen LogP contribution in [0.25, 0.3) is 0 Å². The van der Waals surface area contributed by atoms with Crippen LogP contribution in [0, 0.1) is 11.6 Å². The molecule has 1 aromatic carbocycles. The van der Waals surface area contributed by atoms with E-state index in [0.29, 0.717) is 12.8 Å². The molecule has 21 heavy (non-hydrogen) atoms. The maximum atomic E-state index is 13.5. The highest BCUT2D eigenvalue weighted by Gasteiger charge is 2.31.